The molecule has 11 aromatic rings. The van der Waals surface area contributed by atoms with Crippen LogP contribution in [0.2, 0.25) is 0 Å². The second-order valence-corrected chi connectivity index (χ2v) is 12.4. The molecule has 0 spiro atoms. The highest BCUT2D eigenvalue weighted by molar-refractivity contribution is 6.23. The van der Waals surface area contributed by atoms with Crippen molar-refractivity contribution >= 4 is 87.4 Å². The van der Waals surface area contributed by atoms with Crippen LogP contribution < -0.4 is 0 Å². The van der Waals surface area contributed by atoms with Crippen LogP contribution in [0.25, 0.3) is 110 Å². The van der Waals surface area contributed by atoms with E-state index in [2.05, 4.69) is 115 Å². The van der Waals surface area contributed by atoms with Gasteiger partial charge in [0.25, 0.3) is 0 Å². The number of fused-ring (bicyclic) bond motifs is 11. The van der Waals surface area contributed by atoms with E-state index >= 15 is 0 Å². The summed E-state index contributed by atoms with van der Waals surface area (Å²) in [7, 11) is 0. The molecule has 0 aliphatic rings. The number of rotatable bonds is 2. The maximum absolute atomic E-state index is 6.53. The van der Waals surface area contributed by atoms with E-state index in [1.807, 2.05) is 30.3 Å². The van der Waals surface area contributed by atoms with Crippen molar-refractivity contribution in [1.82, 2.24) is 0 Å². The molecule has 0 bridgehead atoms. The van der Waals surface area contributed by atoms with Gasteiger partial charge >= 0.3 is 0 Å². The Kier molecular flexibility index (Phi) is 4.84. The summed E-state index contributed by atoms with van der Waals surface area (Å²) in [4.78, 5) is 0. The van der Waals surface area contributed by atoms with Crippen LogP contribution in [-0.4, -0.2) is 0 Å². The summed E-state index contributed by atoms with van der Waals surface area (Å²) in [6, 6.07) is 51.4. The minimum absolute atomic E-state index is 0.828. The Morgan fingerprint density at radius 3 is 1.06 bits per heavy atom. The van der Waals surface area contributed by atoms with Crippen LogP contribution in [0.4, 0.5) is 0 Å². The molecule has 3 heteroatoms. The second kappa shape index (κ2) is 9.12. The molecule has 218 valence electrons. The van der Waals surface area contributed by atoms with E-state index in [9.17, 15) is 0 Å². The highest BCUT2D eigenvalue weighted by Gasteiger charge is 2.19. The molecule has 0 radical (unpaired) electrons. The first-order valence-corrected chi connectivity index (χ1v) is 15.9. The largest absolute Gasteiger partial charge is 0.456 e. The van der Waals surface area contributed by atoms with Gasteiger partial charge in [-0.15, -0.1) is 0 Å². The van der Waals surface area contributed by atoms with Crippen molar-refractivity contribution in [3.8, 4) is 22.3 Å². The molecule has 8 aromatic carbocycles. The van der Waals surface area contributed by atoms with Gasteiger partial charge in [-0.2, -0.15) is 0 Å². The minimum Gasteiger partial charge on any atom is -0.456 e. The van der Waals surface area contributed by atoms with E-state index in [1.165, 1.54) is 32.7 Å². The Morgan fingerprint density at radius 2 is 0.574 bits per heavy atom. The van der Waals surface area contributed by atoms with Gasteiger partial charge in [0.1, 0.15) is 33.5 Å². The standard InChI is InChI=1S/C44H24O3/c1-3-13-33-31(11-1)43(25-17-19-29-27-9-5-7-15-37(27)45-39(29)21-25)32-12-2-4-14-34(32)44(33)26-18-20-30-36-23-35-28-10-6-8-16-38(28)46-41(35)24-42(36)47-40(30)22-26/h1-24H. The first-order valence-electron chi connectivity index (χ1n) is 15.9. The molecule has 0 saturated heterocycles. The van der Waals surface area contributed by atoms with E-state index in [-0.39, 0.29) is 0 Å². The first kappa shape index (κ1) is 24.9. The molecule has 0 amide bonds. The van der Waals surface area contributed by atoms with Crippen molar-refractivity contribution in [2.24, 2.45) is 0 Å². The molecule has 0 saturated carbocycles. The molecule has 0 atom stereocenters. The molecule has 0 unspecified atom stereocenters. The number of para-hydroxylation sites is 2. The van der Waals surface area contributed by atoms with Gasteiger partial charge in [0, 0.05) is 38.4 Å². The zero-order valence-electron chi connectivity index (χ0n) is 25.1. The number of furan rings is 3. The third-order valence-corrected chi connectivity index (χ3v) is 9.86. The zero-order chi connectivity index (χ0) is 30.6. The second-order valence-electron chi connectivity index (χ2n) is 12.4. The Labute approximate surface area is 267 Å². The topological polar surface area (TPSA) is 39.4 Å². The predicted molar refractivity (Wildman–Crippen MR) is 194 cm³/mol. The summed E-state index contributed by atoms with van der Waals surface area (Å²) in [5.41, 5.74) is 9.90. The quantitative estimate of drug-likeness (QED) is 0.185. The lowest BCUT2D eigenvalue weighted by Crippen LogP contribution is -1.90. The van der Waals surface area contributed by atoms with E-state index in [4.69, 9.17) is 13.3 Å². The van der Waals surface area contributed by atoms with Crippen molar-refractivity contribution in [3.05, 3.63) is 146 Å². The Balaban J connectivity index is 1.16. The molecule has 3 aromatic heterocycles. The third-order valence-electron chi connectivity index (χ3n) is 9.86. The lowest BCUT2D eigenvalue weighted by atomic mass is 9.85. The number of hydrogen-bond acceptors (Lipinski definition) is 3. The van der Waals surface area contributed by atoms with E-state index in [0.29, 0.717) is 0 Å². The summed E-state index contributed by atoms with van der Waals surface area (Å²) in [6.07, 6.45) is 0. The molecule has 47 heavy (non-hydrogen) atoms. The number of hydrogen-bond donors (Lipinski definition) is 0. The summed E-state index contributed by atoms with van der Waals surface area (Å²) < 4.78 is 19.0. The molecule has 0 aliphatic carbocycles. The van der Waals surface area contributed by atoms with Gasteiger partial charge in [-0.25, -0.2) is 0 Å². The van der Waals surface area contributed by atoms with Crippen molar-refractivity contribution < 1.29 is 13.3 Å². The van der Waals surface area contributed by atoms with E-state index in [0.717, 1.165) is 76.9 Å². The molecular weight excluding hydrogens is 576 g/mol. The van der Waals surface area contributed by atoms with Gasteiger partial charge in [0.15, 0.2) is 0 Å². The lowest BCUT2D eigenvalue weighted by Gasteiger charge is -2.17. The molecule has 11 rings (SSSR count). The smallest absolute Gasteiger partial charge is 0.139 e. The molecule has 3 nitrogen and oxygen atoms in total. The fourth-order valence-corrected chi connectivity index (χ4v) is 7.78. The highest BCUT2D eigenvalue weighted by Crippen LogP contribution is 2.46. The van der Waals surface area contributed by atoms with Crippen LogP contribution >= 0.6 is 0 Å². The van der Waals surface area contributed by atoms with Crippen molar-refractivity contribution in [2.45, 2.75) is 0 Å². The Hall–Kier alpha value is -6.32. The van der Waals surface area contributed by atoms with Gasteiger partial charge in [-0.3, -0.25) is 0 Å². The molecule has 3 heterocycles. The number of benzene rings is 8. The maximum Gasteiger partial charge on any atom is 0.139 e. The van der Waals surface area contributed by atoms with Gasteiger partial charge < -0.3 is 13.3 Å². The third kappa shape index (κ3) is 3.46. The van der Waals surface area contributed by atoms with Crippen LogP contribution in [0, 0.1) is 0 Å². The average molecular weight is 601 g/mol. The van der Waals surface area contributed by atoms with E-state index in [1.54, 1.807) is 0 Å². The fraction of sp³-hybridized carbons (Fsp3) is 0. The molecule has 0 aliphatic heterocycles. The summed E-state index contributed by atoms with van der Waals surface area (Å²) in [5, 5.41) is 11.5. The van der Waals surface area contributed by atoms with Gasteiger partial charge in [-0.1, -0.05) is 97.1 Å². The Bertz CT molecular complexity index is 3020. The summed E-state index contributed by atoms with van der Waals surface area (Å²) in [5.74, 6) is 0. The van der Waals surface area contributed by atoms with Crippen LogP contribution in [0.15, 0.2) is 159 Å². The van der Waals surface area contributed by atoms with Crippen molar-refractivity contribution in [2.75, 3.05) is 0 Å². The highest BCUT2D eigenvalue weighted by atomic mass is 16.3. The summed E-state index contributed by atoms with van der Waals surface area (Å²) in [6.45, 7) is 0. The average Bonchev–Trinajstić information content (AvgIpc) is 3.79. The van der Waals surface area contributed by atoms with Crippen LogP contribution in [-0.2, 0) is 0 Å². The zero-order valence-corrected chi connectivity index (χ0v) is 25.1. The van der Waals surface area contributed by atoms with Gasteiger partial charge in [0.05, 0.1) is 0 Å². The van der Waals surface area contributed by atoms with Crippen molar-refractivity contribution in [1.29, 1.82) is 0 Å². The Morgan fingerprint density at radius 1 is 0.234 bits per heavy atom. The van der Waals surface area contributed by atoms with E-state index < -0.39 is 0 Å². The van der Waals surface area contributed by atoms with Crippen molar-refractivity contribution in [3.63, 3.8) is 0 Å². The molecule has 0 fully saturated rings. The SMILES string of the molecule is c1ccc2c(c1)oc1cc(-c3c4ccccc4c(-c4ccc5c(c4)oc4cc6oc7ccccc7c6cc45)c4ccccc34)ccc12. The van der Waals surface area contributed by atoms with Crippen LogP contribution in [0.1, 0.15) is 0 Å². The first-order chi connectivity index (χ1) is 23.3. The monoisotopic (exact) mass is 600 g/mol. The molecular formula is C44H24O3. The predicted octanol–water partition coefficient (Wildman–Crippen LogP) is 13.0. The normalized spacial score (nSPS) is 12.3. The molecule has 0 N–H and O–H groups in total. The van der Waals surface area contributed by atoms with Crippen LogP contribution in [0.3, 0.4) is 0 Å². The lowest BCUT2D eigenvalue weighted by molar-refractivity contribution is 0.656. The minimum atomic E-state index is 0.828. The fourth-order valence-electron chi connectivity index (χ4n) is 7.78. The van der Waals surface area contributed by atoms with Gasteiger partial charge in [0.2, 0.25) is 0 Å². The maximum atomic E-state index is 6.53. The summed E-state index contributed by atoms with van der Waals surface area (Å²) >= 11 is 0. The van der Waals surface area contributed by atoms with Crippen LogP contribution in [0.5, 0.6) is 0 Å². The van der Waals surface area contributed by atoms with Gasteiger partial charge in [-0.05, 0) is 86.3 Å².